The first kappa shape index (κ1) is 14.5. The molecule has 2 N–H and O–H groups in total. The van der Waals surface area contributed by atoms with Gasteiger partial charge in [-0.25, -0.2) is 13.1 Å². The van der Waals surface area contributed by atoms with E-state index < -0.39 is 10.0 Å². The third kappa shape index (κ3) is 3.16. The van der Waals surface area contributed by atoms with Crippen LogP contribution >= 0.6 is 0 Å². The van der Waals surface area contributed by atoms with Crippen LogP contribution in [0.5, 0.6) is 0 Å². The largest absolute Gasteiger partial charge is 0.316 e. The highest BCUT2D eigenvalue weighted by atomic mass is 32.2. The fraction of sp³-hybridized carbons (Fsp3) is 0.571. The molecule has 5 heteroatoms. The molecular weight excluding hydrogens is 260 g/mol. The van der Waals surface area contributed by atoms with Crippen molar-refractivity contribution in [2.24, 2.45) is 5.92 Å². The molecule has 0 aliphatic heterocycles. The van der Waals surface area contributed by atoms with Crippen molar-refractivity contribution in [3.8, 4) is 0 Å². The second-order valence-corrected chi connectivity index (χ2v) is 7.15. The number of hydrogen-bond donors (Lipinski definition) is 2. The third-order valence-corrected chi connectivity index (χ3v) is 5.41. The Morgan fingerprint density at radius 2 is 2.00 bits per heavy atom. The van der Waals surface area contributed by atoms with E-state index in [1.807, 2.05) is 20.0 Å². The van der Waals surface area contributed by atoms with E-state index in [-0.39, 0.29) is 6.04 Å². The molecule has 2 rings (SSSR count). The Kier molecular flexibility index (Phi) is 4.28. The van der Waals surface area contributed by atoms with Gasteiger partial charge in [-0.15, -0.1) is 0 Å². The molecular formula is C14H22N2O2S. The Labute approximate surface area is 115 Å². The highest BCUT2D eigenvalue weighted by Gasteiger charge is 2.30. The van der Waals surface area contributed by atoms with E-state index in [1.165, 1.54) is 0 Å². The van der Waals surface area contributed by atoms with E-state index in [0.29, 0.717) is 17.4 Å². The molecule has 0 radical (unpaired) electrons. The predicted octanol–water partition coefficient (Wildman–Crippen LogP) is 1.79. The van der Waals surface area contributed by atoms with E-state index in [9.17, 15) is 8.42 Å². The highest BCUT2D eigenvalue weighted by Crippen LogP contribution is 2.28. The van der Waals surface area contributed by atoms with Crippen molar-refractivity contribution in [3.05, 3.63) is 29.3 Å². The van der Waals surface area contributed by atoms with E-state index >= 15 is 0 Å². The lowest BCUT2D eigenvalue weighted by molar-refractivity contribution is 0.270. The molecule has 1 aliphatic rings. The molecule has 0 atom stereocenters. The molecule has 0 heterocycles. The Balaban J connectivity index is 2.22. The maximum absolute atomic E-state index is 12.4. The van der Waals surface area contributed by atoms with Crippen LogP contribution in [-0.2, 0) is 16.6 Å². The molecule has 4 nitrogen and oxygen atoms in total. The first-order valence-electron chi connectivity index (χ1n) is 6.69. The first-order chi connectivity index (χ1) is 8.94. The molecule has 19 heavy (non-hydrogen) atoms. The summed E-state index contributed by atoms with van der Waals surface area (Å²) in [5.41, 5.74) is 1.85. The van der Waals surface area contributed by atoms with Crippen LogP contribution in [-0.4, -0.2) is 21.5 Å². The summed E-state index contributed by atoms with van der Waals surface area (Å²) in [5, 5.41) is 3.06. The molecule has 1 fully saturated rings. The summed E-state index contributed by atoms with van der Waals surface area (Å²) >= 11 is 0. The minimum absolute atomic E-state index is 0.104. The molecule has 1 aliphatic carbocycles. The van der Waals surface area contributed by atoms with Crippen LogP contribution in [0.15, 0.2) is 23.1 Å². The Morgan fingerprint density at radius 3 is 2.58 bits per heavy atom. The quantitative estimate of drug-likeness (QED) is 0.865. The van der Waals surface area contributed by atoms with Crippen LogP contribution in [0.3, 0.4) is 0 Å². The number of rotatable bonds is 5. The van der Waals surface area contributed by atoms with Gasteiger partial charge in [0.05, 0.1) is 4.90 Å². The first-order valence-corrected chi connectivity index (χ1v) is 8.17. The van der Waals surface area contributed by atoms with Crippen molar-refractivity contribution in [2.75, 3.05) is 7.05 Å². The van der Waals surface area contributed by atoms with Gasteiger partial charge in [0.15, 0.2) is 0 Å². The van der Waals surface area contributed by atoms with Gasteiger partial charge in [0.25, 0.3) is 0 Å². The zero-order chi connectivity index (χ0) is 14.0. The second-order valence-electron chi connectivity index (χ2n) is 5.47. The summed E-state index contributed by atoms with van der Waals surface area (Å²) < 4.78 is 27.6. The van der Waals surface area contributed by atoms with Gasteiger partial charge >= 0.3 is 0 Å². The number of nitrogens with one attached hydrogen (secondary N) is 2. The molecule has 0 spiro atoms. The lowest BCUT2D eigenvalue weighted by Gasteiger charge is -2.33. The fourth-order valence-electron chi connectivity index (χ4n) is 2.61. The monoisotopic (exact) mass is 282 g/mol. The van der Waals surface area contributed by atoms with E-state index in [4.69, 9.17) is 0 Å². The van der Waals surface area contributed by atoms with Crippen LogP contribution in [0.25, 0.3) is 0 Å². The fourth-order valence-corrected chi connectivity index (χ4v) is 4.16. The van der Waals surface area contributed by atoms with Crippen molar-refractivity contribution in [1.29, 1.82) is 0 Å². The van der Waals surface area contributed by atoms with Crippen LogP contribution in [0.4, 0.5) is 0 Å². The minimum Gasteiger partial charge on any atom is -0.316 e. The van der Waals surface area contributed by atoms with Crippen LogP contribution in [0.2, 0.25) is 0 Å². The zero-order valence-corrected chi connectivity index (χ0v) is 12.5. The van der Waals surface area contributed by atoms with Crippen LogP contribution < -0.4 is 10.0 Å². The van der Waals surface area contributed by atoms with Crippen LogP contribution in [0, 0.1) is 12.8 Å². The standard InChI is InChI=1S/C14H22N2O2S/c1-10-7-13(8-10)16-19(17,18)14-6-4-5-12(9-15-3)11(14)2/h4-6,10,13,15-16H,7-9H2,1-3H3. The maximum atomic E-state index is 12.4. The maximum Gasteiger partial charge on any atom is 0.241 e. The van der Waals surface area contributed by atoms with Crippen molar-refractivity contribution in [3.63, 3.8) is 0 Å². The summed E-state index contributed by atoms with van der Waals surface area (Å²) in [6.45, 7) is 4.68. The summed E-state index contributed by atoms with van der Waals surface area (Å²) in [5.74, 6) is 0.629. The van der Waals surface area contributed by atoms with Crippen molar-refractivity contribution < 1.29 is 8.42 Å². The van der Waals surface area contributed by atoms with Gasteiger partial charge in [-0.3, -0.25) is 0 Å². The normalized spacial score (nSPS) is 23.1. The Hall–Kier alpha value is -0.910. The van der Waals surface area contributed by atoms with E-state index in [2.05, 4.69) is 17.0 Å². The number of sulfonamides is 1. The minimum atomic E-state index is -3.39. The Bertz CT molecular complexity index is 549. The molecule has 106 valence electrons. The lowest BCUT2D eigenvalue weighted by Crippen LogP contribution is -2.43. The van der Waals surface area contributed by atoms with Gasteiger partial charge in [0, 0.05) is 12.6 Å². The zero-order valence-electron chi connectivity index (χ0n) is 11.7. The second kappa shape index (κ2) is 5.61. The van der Waals surface area contributed by atoms with Gasteiger partial charge in [0.1, 0.15) is 0 Å². The molecule has 1 aromatic rings. The smallest absolute Gasteiger partial charge is 0.241 e. The molecule has 0 bridgehead atoms. The SMILES string of the molecule is CNCc1cccc(S(=O)(=O)NC2CC(C)C2)c1C. The summed E-state index contributed by atoms with van der Waals surface area (Å²) in [7, 11) is -1.54. The van der Waals surface area contributed by atoms with E-state index in [1.54, 1.807) is 12.1 Å². The molecule has 0 amide bonds. The van der Waals surface area contributed by atoms with Gasteiger partial charge in [-0.2, -0.15) is 0 Å². The van der Waals surface area contributed by atoms with Gasteiger partial charge in [0.2, 0.25) is 10.0 Å². The number of hydrogen-bond acceptors (Lipinski definition) is 3. The van der Waals surface area contributed by atoms with Crippen LogP contribution in [0.1, 0.15) is 30.9 Å². The third-order valence-electron chi connectivity index (χ3n) is 3.75. The van der Waals surface area contributed by atoms with Crippen molar-refractivity contribution in [2.45, 2.75) is 44.2 Å². The Morgan fingerprint density at radius 1 is 1.32 bits per heavy atom. The topological polar surface area (TPSA) is 58.2 Å². The summed E-state index contributed by atoms with van der Waals surface area (Å²) in [4.78, 5) is 0.403. The predicted molar refractivity (Wildman–Crippen MR) is 76.5 cm³/mol. The van der Waals surface area contributed by atoms with Crippen molar-refractivity contribution in [1.82, 2.24) is 10.0 Å². The lowest BCUT2D eigenvalue weighted by atomic mass is 9.83. The van der Waals surface area contributed by atoms with Gasteiger partial charge in [-0.1, -0.05) is 19.1 Å². The highest BCUT2D eigenvalue weighted by molar-refractivity contribution is 7.89. The summed E-state index contributed by atoms with van der Waals surface area (Å²) in [6.07, 6.45) is 1.88. The molecule has 1 aromatic carbocycles. The average Bonchev–Trinajstić information content (AvgIpc) is 2.29. The van der Waals surface area contributed by atoms with Crippen molar-refractivity contribution >= 4 is 10.0 Å². The molecule has 1 saturated carbocycles. The average molecular weight is 282 g/mol. The molecule has 0 unspecified atom stereocenters. The molecule has 0 aromatic heterocycles. The van der Waals surface area contributed by atoms with Gasteiger partial charge in [-0.05, 0) is 49.9 Å². The number of benzene rings is 1. The van der Waals surface area contributed by atoms with E-state index in [0.717, 1.165) is 24.0 Å². The van der Waals surface area contributed by atoms with Gasteiger partial charge < -0.3 is 5.32 Å². The summed E-state index contributed by atoms with van der Waals surface area (Å²) in [6, 6.07) is 5.54. The molecule has 0 saturated heterocycles.